The van der Waals surface area contributed by atoms with Crippen LogP contribution in [-0.2, 0) is 0 Å². The van der Waals surface area contributed by atoms with Crippen molar-refractivity contribution in [3.05, 3.63) is 87.6 Å². The Morgan fingerprint density at radius 3 is 2.11 bits per heavy atom. The highest BCUT2D eigenvalue weighted by Gasteiger charge is 2.19. The summed E-state index contributed by atoms with van der Waals surface area (Å²) in [5, 5.41) is 7.60. The summed E-state index contributed by atoms with van der Waals surface area (Å²) >= 11 is 1.61. The number of hydrogen-bond donors (Lipinski definition) is 3. The van der Waals surface area contributed by atoms with Crippen molar-refractivity contribution in [2.45, 2.75) is 25.8 Å². The average molecular weight is 394 g/mol. The minimum Gasteiger partial charge on any atom is -0.351 e. The molecule has 0 bridgehead atoms. The lowest BCUT2D eigenvalue weighted by atomic mass is 9.98. The lowest BCUT2D eigenvalue weighted by Crippen LogP contribution is -2.28. The number of carbonyl (C=O) groups is 2. The molecular weight excluding hydrogens is 370 g/mol. The Kier molecular flexibility index (Phi) is 6.11. The predicted molar refractivity (Wildman–Crippen MR) is 114 cm³/mol. The van der Waals surface area contributed by atoms with E-state index in [1.807, 2.05) is 17.5 Å². The average Bonchev–Trinajstić information content (AvgIpc) is 3.20. The largest absolute Gasteiger partial charge is 0.351 e. The summed E-state index contributed by atoms with van der Waals surface area (Å²) in [5.41, 5.74) is 8.46. The summed E-state index contributed by atoms with van der Waals surface area (Å²) in [4.78, 5) is 24.8. The van der Waals surface area contributed by atoms with Crippen molar-refractivity contribution in [2.75, 3.05) is 5.32 Å². The van der Waals surface area contributed by atoms with Crippen LogP contribution in [0.25, 0.3) is 0 Å². The molecule has 3 rings (SSSR count). The molecule has 3 amide bonds. The number of hydrogen-bond acceptors (Lipinski definition) is 3. The van der Waals surface area contributed by atoms with Gasteiger partial charge in [-0.25, -0.2) is 4.79 Å². The van der Waals surface area contributed by atoms with Gasteiger partial charge in [-0.15, -0.1) is 11.3 Å². The Morgan fingerprint density at radius 2 is 1.57 bits per heavy atom. The van der Waals surface area contributed by atoms with Crippen LogP contribution < -0.4 is 16.4 Å². The van der Waals surface area contributed by atoms with E-state index in [-0.39, 0.29) is 11.9 Å². The number of anilines is 1. The van der Waals surface area contributed by atoms with Crippen molar-refractivity contribution in [3.8, 4) is 0 Å². The number of benzene rings is 2. The molecule has 0 aliphatic carbocycles. The Morgan fingerprint density at radius 1 is 0.929 bits per heavy atom. The van der Waals surface area contributed by atoms with Gasteiger partial charge in [0.15, 0.2) is 0 Å². The summed E-state index contributed by atoms with van der Waals surface area (Å²) in [6.45, 7) is 4.31. The van der Waals surface area contributed by atoms with Crippen LogP contribution in [0.4, 0.5) is 10.5 Å². The van der Waals surface area contributed by atoms with Crippen molar-refractivity contribution in [1.29, 1.82) is 0 Å². The molecule has 3 aromatic rings. The quantitative estimate of drug-likeness (QED) is 0.557. The van der Waals surface area contributed by atoms with Gasteiger partial charge < -0.3 is 16.4 Å². The van der Waals surface area contributed by atoms with E-state index >= 15 is 0 Å². The fourth-order valence-corrected chi connectivity index (χ4v) is 3.71. The summed E-state index contributed by atoms with van der Waals surface area (Å²) < 4.78 is 0. The summed E-state index contributed by atoms with van der Waals surface area (Å²) in [5.74, 6) is 0.272. The first kappa shape index (κ1) is 19.6. The molecule has 0 aliphatic heterocycles. The topological polar surface area (TPSA) is 84.2 Å². The number of rotatable bonds is 6. The third-order valence-corrected chi connectivity index (χ3v) is 5.39. The Bertz CT molecular complexity index is 933. The van der Waals surface area contributed by atoms with Crippen LogP contribution in [-0.4, -0.2) is 11.9 Å². The van der Waals surface area contributed by atoms with Gasteiger partial charge in [0.1, 0.15) is 0 Å². The molecule has 1 atom stereocenters. The van der Waals surface area contributed by atoms with Crippen LogP contribution in [0.1, 0.15) is 52.2 Å². The number of primary amides is 1. The molecule has 0 unspecified atom stereocenters. The van der Waals surface area contributed by atoms with Gasteiger partial charge in [-0.1, -0.05) is 44.2 Å². The summed E-state index contributed by atoms with van der Waals surface area (Å²) in [6, 6.07) is 18.1. The molecule has 144 valence electrons. The molecule has 0 aliphatic rings. The molecule has 0 radical (unpaired) electrons. The molecule has 1 heterocycles. The van der Waals surface area contributed by atoms with Gasteiger partial charge in [0.05, 0.1) is 6.04 Å². The lowest BCUT2D eigenvalue weighted by molar-refractivity contribution is 0.0943. The van der Waals surface area contributed by atoms with Crippen LogP contribution in [0.15, 0.2) is 66.0 Å². The zero-order valence-electron chi connectivity index (χ0n) is 15.8. The Hall–Kier alpha value is -3.12. The number of carbonyl (C=O) groups excluding carboxylic acids is 2. The first-order valence-corrected chi connectivity index (χ1v) is 9.92. The van der Waals surface area contributed by atoms with E-state index in [4.69, 9.17) is 5.73 Å². The molecule has 4 N–H and O–H groups in total. The van der Waals surface area contributed by atoms with Crippen molar-refractivity contribution >= 4 is 29.0 Å². The first-order valence-electron chi connectivity index (χ1n) is 9.04. The second-order valence-corrected chi connectivity index (χ2v) is 7.79. The van der Waals surface area contributed by atoms with E-state index in [9.17, 15) is 9.59 Å². The number of nitrogens with one attached hydrogen (secondary N) is 2. The molecule has 0 fully saturated rings. The fourth-order valence-electron chi connectivity index (χ4n) is 2.91. The van der Waals surface area contributed by atoms with Gasteiger partial charge >= 0.3 is 6.03 Å². The van der Waals surface area contributed by atoms with Gasteiger partial charge in [0.2, 0.25) is 0 Å². The Balaban J connectivity index is 1.82. The van der Waals surface area contributed by atoms with Gasteiger partial charge in [-0.3, -0.25) is 4.79 Å². The monoisotopic (exact) mass is 393 g/mol. The molecular formula is C22H23N3O2S. The maximum atomic E-state index is 12.8. The molecule has 6 heteroatoms. The molecule has 2 aromatic carbocycles. The van der Waals surface area contributed by atoms with E-state index in [0.29, 0.717) is 17.2 Å². The number of nitrogens with two attached hydrogens (primary N) is 1. The zero-order valence-corrected chi connectivity index (χ0v) is 16.6. The van der Waals surface area contributed by atoms with Crippen molar-refractivity contribution < 1.29 is 9.59 Å². The van der Waals surface area contributed by atoms with Crippen LogP contribution in [0.5, 0.6) is 0 Å². The minimum absolute atomic E-state index is 0.183. The minimum atomic E-state index is -0.639. The van der Waals surface area contributed by atoms with Crippen molar-refractivity contribution in [3.63, 3.8) is 0 Å². The third kappa shape index (κ3) is 4.78. The zero-order chi connectivity index (χ0) is 20.1. The van der Waals surface area contributed by atoms with Gasteiger partial charge in [-0.2, -0.15) is 0 Å². The SMILES string of the molecule is CC(C)c1ccc([C@H](NC(=O)c2ccc(NC(N)=O)cc2)c2cccs2)cc1. The maximum absolute atomic E-state index is 12.8. The Labute approximate surface area is 168 Å². The van der Waals surface area contributed by atoms with Gasteiger partial charge in [-0.05, 0) is 52.8 Å². The fraction of sp³-hybridized carbons (Fsp3) is 0.182. The smallest absolute Gasteiger partial charge is 0.316 e. The van der Waals surface area contributed by atoms with E-state index in [2.05, 4.69) is 48.7 Å². The van der Waals surface area contributed by atoms with Crippen molar-refractivity contribution in [1.82, 2.24) is 5.32 Å². The number of thiophene rings is 1. The van der Waals surface area contributed by atoms with E-state index < -0.39 is 6.03 Å². The highest BCUT2D eigenvalue weighted by atomic mass is 32.1. The van der Waals surface area contributed by atoms with Crippen LogP contribution >= 0.6 is 11.3 Å². The summed E-state index contributed by atoms with van der Waals surface area (Å²) in [6.07, 6.45) is 0. The van der Waals surface area contributed by atoms with E-state index in [0.717, 1.165) is 10.4 Å². The van der Waals surface area contributed by atoms with E-state index in [1.165, 1.54) is 5.56 Å². The lowest BCUT2D eigenvalue weighted by Gasteiger charge is -2.19. The molecule has 0 saturated carbocycles. The van der Waals surface area contributed by atoms with Crippen molar-refractivity contribution in [2.24, 2.45) is 5.73 Å². The normalized spacial score (nSPS) is 11.8. The number of amides is 3. The van der Waals surface area contributed by atoms with Gasteiger partial charge in [0, 0.05) is 16.1 Å². The van der Waals surface area contributed by atoms with Crippen LogP contribution in [0.3, 0.4) is 0 Å². The first-order chi connectivity index (χ1) is 13.4. The highest BCUT2D eigenvalue weighted by Crippen LogP contribution is 2.28. The highest BCUT2D eigenvalue weighted by molar-refractivity contribution is 7.10. The second-order valence-electron chi connectivity index (χ2n) is 6.81. The maximum Gasteiger partial charge on any atom is 0.316 e. The molecule has 0 saturated heterocycles. The standard InChI is InChI=1S/C22H23N3O2S/c1-14(2)15-5-7-16(8-6-15)20(19-4-3-13-28-19)25-21(26)17-9-11-18(12-10-17)24-22(23)27/h3-14,20H,1-2H3,(H,25,26)(H3,23,24,27)/t20-/m0/s1. The number of urea groups is 1. The van der Waals surface area contributed by atoms with Crippen LogP contribution in [0, 0.1) is 0 Å². The van der Waals surface area contributed by atoms with Gasteiger partial charge in [0.25, 0.3) is 5.91 Å². The third-order valence-electron chi connectivity index (χ3n) is 4.45. The molecule has 1 aromatic heterocycles. The van der Waals surface area contributed by atoms with Crippen LogP contribution in [0.2, 0.25) is 0 Å². The predicted octanol–water partition coefficient (Wildman–Crippen LogP) is 4.88. The molecule has 5 nitrogen and oxygen atoms in total. The molecule has 28 heavy (non-hydrogen) atoms. The second kappa shape index (κ2) is 8.71. The summed E-state index contributed by atoms with van der Waals surface area (Å²) in [7, 11) is 0. The van der Waals surface area contributed by atoms with E-state index in [1.54, 1.807) is 35.6 Å². The molecule has 0 spiro atoms.